The highest BCUT2D eigenvalue weighted by atomic mass is 32.1. The zero-order valence-electron chi connectivity index (χ0n) is 15.4. The highest BCUT2D eigenvalue weighted by Gasteiger charge is 2.17. The standard InChI is InChI=1S/C20H23N5OS/c1-15-10-18(19(26)22-16-6-5-7-21-11-16)25(12-15)13-17-14-27-20(23-17)24-8-3-2-4-9-24/h5-7,10-12,14H,2-4,8-9,13H2,1H3,(H,22,26). The largest absolute Gasteiger partial charge is 0.348 e. The number of carbonyl (C=O) groups is 1. The molecular weight excluding hydrogens is 358 g/mol. The number of piperidine rings is 1. The Kier molecular flexibility index (Phi) is 5.20. The van der Waals surface area contributed by atoms with Gasteiger partial charge in [-0.25, -0.2) is 4.98 Å². The molecule has 3 aromatic heterocycles. The number of pyridine rings is 1. The van der Waals surface area contributed by atoms with Gasteiger partial charge in [-0.2, -0.15) is 0 Å². The van der Waals surface area contributed by atoms with Crippen LogP contribution in [0.1, 0.15) is 41.0 Å². The maximum atomic E-state index is 12.7. The number of rotatable bonds is 5. The number of hydrogen-bond donors (Lipinski definition) is 1. The first-order chi connectivity index (χ1) is 13.2. The van der Waals surface area contributed by atoms with Gasteiger partial charge >= 0.3 is 0 Å². The van der Waals surface area contributed by atoms with Crippen molar-refractivity contribution in [3.63, 3.8) is 0 Å². The highest BCUT2D eigenvalue weighted by molar-refractivity contribution is 7.13. The third-order valence-corrected chi connectivity index (χ3v) is 5.63. The average Bonchev–Trinajstić information content (AvgIpc) is 3.30. The van der Waals surface area contributed by atoms with Crippen molar-refractivity contribution < 1.29 is 4.79 Å². The predicted molar refractivity (Wildman–Crippen MR) is 109 cm³/mol. The molecule has 0 spiro atoms. The van der Waals surface area contributed by atoms with Crippen LogP contribution in [-0.4, -0.2) is 33.5 Å². The maximum absolute atomic E-state index is 12.7. The predicted octanol–water partition coefficient (Wildman–Crippen LogP) is 3.94. The van der Waals surface area contributed by atoms with Crippen LogP contribution in [0.5, 0.6) is 0 Å². The Morgan fingerprint density at radius 1 is 1.30 bits per heavy atom. The topological polar surface area (TPSA) is 63.1 Å². The van der Waals surface area contributed by atoms with E-state index in [1.54, 1.807) is 29.8 Å². The monoisotopic (exact) mass is 381 g/mol. The molecule has 1 fully saturated rings. The van der Waals surface area contributed by atoms with E-state index in [0.717, 1.165) is 29.5 Å². The number of carbonyl (C=O) groups excluding carboxylic acids is 1. The molecule has 0 atom stereocenters. The van der Waals surface area contributed by atoms with Crippen molar-refractivity contribution >= 4 is 28.1 Å². The lowest BCUT2D eigenvalue weighted by atomic mass is 10.1. The van der Waals surface area contributed by atoms with Crippen molar-refractivity contribution in [1.82, 2.24) is 14.5 Å². The van der Waals surface area contributed by atoms with Crippen molar-refractivity contribution in [1.29, 1.82) is 0 Å². The van der Waals surface area contributed by atoms with Gasteiger partial charge in [-0.15, -0.1) is 11.3 Å². The number of thiazole rings is 1. The maximum Gasteiger partial charge on any atom is 0.272 e. The minimum Gasteiger partial charge on any atom is -0.348 e. The Labute approximate surface area is 162 Å². The van der Waals surface area contributed by atoms with Gasteiger partial charge in [0.2, 0.25) is 0 Å². The summed E-state index contributed by atoms with van der Waals surface area (Å²) in [7, 11) is 0. The van der Waals surface area contributed by atoms with Gasteiger partial charge in [-0.1, -0.05) is 0 Å². The molecule has 1 amide bonds. The fraction of sp³-hybridized carbons (Fsp3) is 0.350. The summed E-state index contributed by atoms with van der Waals surface area (Å²) >= 11 is 1.69. The Hall–Kier alpha value is -2.67. The molecule has 0 unspecified atom stereocenters. The van der Waals surface area contributed by atoms with Crippen LogP contribution in [0.4, 0.5) is 10.8 Å². The van der Waals surface area contributed by atoms with Gasteiger partial charge < -0.3 is 14.8 Å². The fourth-order valence-corrected chi connectivity index (χ4v) is 4.25. The summed E-state index contributed by atoms with van der Waals surface area (Å²) in [4.78, 5) is 23.9. The van der Waals surface area contributed by atoms with Crippen molar-refractivity contribution in [2.75, 3.05) is 23.3 Å². The van der Waals surface area contributed by atoms with Crippen LogP contribution < -0.4 is 10.2 Å². The molecule has 1 aliphatic rings. The van der Waals surface area contributed by atoms with E-state index in [-0.39, 0.29) is 5.91 Å². The Balaban J connectivity index is 1.49. The first-order valence-corrected chi connectivity index (χ1v) is 10.1. The van der Waals surface area contributed by atoms with Crippen LogP contribution in [0.15, 0.2) is 42.2 Å². The van der Waals surface area contributed by atoms with Crippen molar-refractivity contribution in [2.24, 2.45) is 0 Å². The fourth-order valence-electron chi connectivity index (χ4n) is 3.38. The molecule has 140 valence electrons. The number of hydrogen-bond acceptors (Lipinski definition) is 5. The van der Waals surface area contributed by atoms with E-state index in [1.807, 2.05) is 29.8 Å². The summed E-state index contributed by atoms with van der Waals surface area (Å²) < 4.78 is 1.97. The van der Waals surface area contributed by atoms with Gasteiger partial charge in [0.25, 0.3) is 5.91 Å². The summed E-state index contributed by atoms with van der Waals surface area (Å²) in [5, 5.41) is 6.10. The van der Waals surface area contributed by atoms with Crippen molar-refractivity contribution in [3.8, 4) is 0 Å². The lowest BCUT2D eigenvalue weighted by Crippen LogP contribution is -2.29. The SMILES string of the molecule is Cc1cc(C(=O)Nc2cccnc2)n(Cc2csc(N3CCCCC3)n2)c1. The van der Waals surface area contributed by atoms with Gasteiger partial charge in [0.15, 0.2) is 5.13 Å². The van der Waals surface area contributed by atoms with Gasteiger partial charge in [0.1, 0.15) is 5.69 Å². The van der Waals surface area contributed by atoms with E-state index < -0.39 is 0 Å². The number of nitrogens with zero attached hydrogens (tertiary/aromatic N) is 4. The van der Waals surface area contributed by atoms with Gasteiger partial charge in [0.05, 0.1) is 24.1 Å². The second kappa shape index (κ2) is 7.92. The second-order valence-corrected chi connectivity index (χ2v) is 7.73. The third-order valence-electron chi connectivity index (χ3n) is 4.68. The van der Waals surface area contributed by atoms with E-state index >= 15 is 0 Å². The van der Waals surface area contributed by atoms with Crippen molar-refractivity contribution in [2.45, 2.75) is 32.7 Å². The molecule has 4 heterocycles. The molecule has 0 saturated carbocycles. The molecule has 1 saturated heterocycles. The molecule has 4 rings (SSSR count). The van der Waals surface area contributed by atoms with Crippen LogP contribution >= 0.6 is 11.3 Å². The van der Waals surface area contributed by atoms with Crippen LogP contribution in [0.3, 0.4) is 0 Å². The van der Waals surface area contributed by atoms with E-state index in [2.05, 4.69) is 20.6 Å². The zero-order chi connectivity index (χ0) is 18.6. The molecule has 1 N–H and O–H groups in total. The van der Waals surface area contributed by atoms with Crippen LogP contribution in [-0.2, 0) is 6.54 Å². The number of anilines is 2. The number of aryl methyl sites for hydroxylation is 1. The Morgan fingerprint density at radius 3 is 2.93 bits per heavy atom. The number of nitrogens with one attached hydrogen (secondary N) is 1. The normalized spacial score (nSPS) is 14.3. The van der Waals surface area contributed by atoms with Crippen LogP contribution in [0.25, 0.3) is 0 Å². The molecular formula is C20H23N5OS. The minimum absolute atomic E-state index is 0.136. The third kappa shape index (κ3) is 4.19. The summed E-state index contributed by atoms with van der Waals surface area (Å²) in [6.07, 6.45) is 9.12. The second-order valence-electron chi connectivity index (χ2n) is 6.90. The quantitative estimate of drug-likeness (QED) is 0.727. The van der Waals surface area contributed by atoms with Crippen LogP contribution in [0.2, 0.25) is 0 Å². The van der Waals surface area contributed by atoms with Gasteiger partial charge in [-0.05, 0) is 49.9 Å². The minimum atomic E-state index is -0.136. The van der Waals surface area contributed by atoms with Crippen molar-refractivity contribution in [3.05, 3.63) is 59.1 Å². The smallest absolute Gasteiger partial charge is 0.272 e. The molecule has 3 aromatic rings. The Bertz CT molecular complexity index is 912. The summed E-state index contributed by atoms with van der Waals surface area (Å²) in [6.45, 7) is 4.77. The summed E-state index contributed by atoms with van der Waals surface area (Å²) in [5.41, 5.74) is 3.36. The first-order valence-electron chi connectivity index (χ1n) is 9.26. The van der Waals surface area contributed by atoms with E-state index in [9.17, 15) is 4.79 Å². The molecule has 0 radical (unpaired) electrons. The molecule has 0 aliphatic carbocycles. The van der Waals surface area contributed by atoms with E-state index in [1.165, 1.54) is 19.3 Å². The van der Waals surface area contributed by atoms with E-state index in [0.29, 0.717) is 17.9 Å². The number of aromatic nitrogens is 3. The van der Waals surface area contributed by atoms with E-state index in [4.69, 9.17) is 4.98 Å². The summed E-state index contributed by atoms with van der Waals surface area (Å²) in [5.74, 6) is -0.136. The summed E-state index contributed by atoms with van der Waals surface area (Å²) in [6, 6.07) is 5.54. The van der Waals surface area contributed by atoms with Crippen LogP contribution in [0, 0.1) is 6.92 Å². The highest BCUT2D eigenvalue weighted by Crippen LogP contribution is 2.25. The first kappa shape index (κ1) is 17.7. The van der Waals surface area contributed by atoms with Gasteiger partial charge in [-0.3, -0.25) is 9.78 Å². The van der Waals surface area contributed by atoms with Gasteiger partial charge in [0, 0.05) is 30.9 Å². The molecule has 1 aliphatic heterocycles. The average molecular weight is 382 g/mol. The lowest BCUT2D eigenvalue weighted by Gasteiger charge is -2.25. The molecule has 6 nitrogen and oxygen atoms in total. The number of amides is 1. The lowest BCUT2D eigenvalue weighted by molar-refractivity contribution is 0.101. The molecule has 7 heteroatoms. The molecule has 27 heavy (non-hydrogen) atoms. The molecule has 0 aromatic carbocycles. The molecule has 0 bridgehead atoms. The Morgan fingerprint density at radius 2 is 2.15 bits per heavy atom. The zero-order valence-corrected chi connectivity index (χ0v) is 16.2.